The quantitative estimate of drug-likeness (QED) is 0.0406. The van der Waals surface area contributed by atoms with Crippen LogP contribution in [0, 0.1) is 0 Å². The van der Waals surface area contributed by atoms with Gasteiger partial charge in [-0.1, -0.05) is 182 Å². The van der Waals surface area contributed by atoms with Crippen molar-refractivity contribution in [1.29, 1.82) is 0 Å². The maximum atomic E-state index is 15.6. The van der Waals surface area contributed by atoms with E-state index in [4.69, 9.17) is 23.4 Å². The van der Waals surface area contributed by atoms with Gasteiger partial charge in [-0.25, -0.2) is 14.6 Å². The summed E-state index contributed by atoms with van der Waals surface area (Å²) in [6, 6.07) is 55.1. The van der Waals surface area contributed by atoms with E-state index in [1.165, 1.54) is 0 Å². The summed E-state index contributed by atoms with van der Waals surface area (Å²) in [6.45, 7) is 5.17. The normalized spacial score (nSPS) is 16.3. The summed E-state index contributed by atoms with van der Waals surface area (Å²) in [7, 11) is -4.49. The van der Waals surface area contributed by atoms with Crippen LogP contribution in [0.1, 0.15) is 72.4 Å². The number of hydrogen-bond donors (Lipinski definition) is 2. The van der Waals surface area contributed by atoms with Gasteiger partial charge in [0.05, 0.1) is 23.7 Å². The Labute approximate surface area is 431 Å². The molecule has 17 heteroatoms. The molecule has 2 aliphatic rings. The Morgan fingerprint density at radius 3 is 1.48 bits per heavy atom. The first-order valence-corrected chi connectivity index (χ1v) is 26.8. The van der Waals surface area contributed by atoms with Crippen molar-refractivity contribution in [2.45, 2.75) is 60.8 Å². The summed E-state index contributed by atoms with van der Waals surface area (Å²) < 4.78 is 52.2. The summed E-state index contributed by atoms with van der Waals surface area (Å²) in [4.78, 5) is 63.7. The van der Waals surface area contributed by atoms with Crippen LogP contribution in [0.25, 0.3) is 0 Å². The number of benzene rings is 6. The van der Waals surface area contributed by atoms with E-state index in [9.17, 15) is 18.0 Å². The Morgan fingerprint density at radius 1 is 0.658 bits per heavy atom. The highest BCUT2D eigenvalue weighted by Crippen LogP contribution is 2.49. The van der Waals surface area contributed by atoms with Crippen molar-refractivity contribution < 1.29 is 46.0 Å². The third-order valence-electron chi connectivity index (χ3n) is 11.9. The number of thiazole rings is 1. The molecule has 0 radical (unpaired) electrons. The predicted octanol–water partition coefficient (Wildman–Crippen LogP) is 10.0. The zero-order valence-corrected chi connectivity index (χ0v) is 42.5. The number of fused-ring (bicyclic) bond motifs is 1. The molecule has 14 nitrogen and oxygen atoms in total. The van der Waals surface area contributed by atoms with Gasteiger partial charge >= 0.3 is 22.2 Å². The molecular weight excluding hydrogens is 985 g/mol. The van der Waals surface area contributed by atoms with Crippen LogP contribution in [0.2, 0.25) is 0 Å². The zero-order valence-electron chi connectivity index (χ0n) is 40.0. The lowest BCUT2D eigenvalue weighted by Crippen LogP contribution is -2.58. The minimum atomic E-state index is -4.49. The molecule has 0 saturated carbocycles. The Bertz CT molecular complexity index is 3060. The van der Waals surface area contributed by atoms with Gasteiger partial charge in [0.2, 0.25) is 5.91 Å². The average molecular weight is 1040 g/mol. The van der Waals surface area contributed by atoms with E-state index in [0.717, 1.165) is 34.3 Å². The number of aromatic nitrogens is 1. The maximum absolute atomic E-state index is 15.6. The Kier molecular flexibility index (Phi) is 14.4. The van der Waals surface area contributed by atoms with Gasteiger partial charge in [-0.15, -0.1) is 23.1 Å². The number of anilines is 1. The number of nitrogens with zero attached hydrogens (tertiary/aromatic N) is 2. The molecule has 1 aromatic heterocycles. The number of ether oxygens (including phenoxy) is 3. The van der Waals surface area contributed by atoms with E-state index in [-0.39, 0.29) is 17.2 Å². The van der Waals surface area contributed by atoms with Gasteiger partial charge < -0.3 is 23.7 Å². The third kappa shape index (κ3) is 10.7. The molecule has 1 fully saturated rings. The number of β-lactam (4-membered cyclic amide) rings is 1. The van der Waals surface area contributed by atoms with Crippen LogP contribution in [0.15, 0.2) is 199 Å². The third-order valence-corrected chi connectivity index (χ3v) is 14.4. The highest BCUT2D eigenvalue weighted by atomic mass is 32.2. The summed E-state index contributed by atoms with van der Waals surface area (Å²) in [6.07, 6.45) is -1.67. The molecule has 3 heterocycles. The fourth-order valence-electron chi connectivity index (χ4n) is 8.86. The summed E-state index contributed by atoms with van der Waals surface area (Å²) >= 11 is 2.02. The van der Waals surface area contributed by atoms with Crippen LogP contribution < -0.4 is 10.6 Å². The first-order chi connectivity index (χ1) is 35.1. The monoisotopic (exact) mass is 1030 g/mol. The van der Waals surface area contributed by atoms with E-state index in [0.29, 0.717) is 33.4 Å². The fraction of sp³-hybridized carbons (Fsp3) is 0.196. The fourth-order valence-corrected chi connectivity index (χ4v) is 11.5. The number of carbonyl (C=O) groups excluding carboxylic acids is 4. The van der Waals surface area contributed by atoms with Crippen LogP contribution in [0.5, 0.6) is 0 Å². The van der Waals surface area contributed by atoms with E-state index in [1.807, 2.05) is 109 Å². The van der Waals surface area contributed by atoms with Gasteiger partial charge in [-0.2, -0.15) is 8.42 Å². The molecule has 7 aromatic rings. The Hall–Kier alpha value is -7.57. The molecule has 9 rings (SSSR count). The number of thioether (sulfide) groups is 1. The van der Waals surface area contributed by atoms with E-state index in [1.54, 1.807) is 98.9 Å². The van der Waals surface area contributed by atoms with Crippen molar-refractivity contribution in [1.82, 2.24) is 15.2 Å². The standard InChI is InChI=1S/C56H50N4O10S3/c1-54(2,3)69-53(64)59-52-57-43(36-71-52)47(67-55(37-23-11-5-12-24-37,38-25-13-6-14-26-38)39-27-15-7-16-28-39)49(62)58-50-48(70-73(4,65)66)46(60-44(61)35-45(60)72-50)51(63)68-56(40-29-17-8-18-30-40,41-31-19-9-20-32-41)42-33-21-10-22-34-42/h5-34,36,45,47,50H,35H2,1-4H3,(H,58,62)(H,57,59,64). The van der Waals surface area contributed by atoms with Crippen LogP contribution in [0.4, 0.5) is 9.93 Å². The minimum Gasteiger partial charge on any atom is -0.444 e. The van der Waals surface area contributed by atoms with Gasteiger partial charge in [-0.05, 0) is 37.5 Å². The van der Waals surface area contributed by atoms with Crippen molar-refractivity contribution in [2.24, 2.45) is 0 Å². The number of amides is 3. The van der Waals surface area contributed by atoms with Crippen molar-refractivity contribution in [3.63, 3.8) is 0 Å². The first kappa shape index (κ1) is 50.4. The molecule has 6 aromatic carbocycles. The second kappa shape index (κ2) is 20.9. The molecule has 372 valence electrons. The molecule has 3 atom stereocenters. The molecule has 2 aliphatic heterocycles. The highest BCUT2D eigenvalue weighted by Gasteiger charge is 2.54. The number of nitrogens with one attached hydrogen (secondary N) is 2. The zero-order chi connectivity index (χ0) is 51.4. The smallest absolute Gasteiger partial charge is 0.413 e. The number of esters is 1. The molecular formula is C56H50N4O10S3. The van der Waals surface area contributed by atoms with Crippen LogP contribution in [0.3, 0.4) is 0 Å². The molecule has 3 unspecified atom stereocenters. The first-order valence-electron chi connectivity index (χ1n) is 23.2. The van der Waals surface area contributed by atoms with Crippen LogP contribution >= 0.6 is 23.1 Å². The largest absolute Gasteiger partial charge is 0.444 e. The number of hydrogen-bond acceptors (Lipinski definition) is 13. The SMILES string of the molecule is CC(C)(C)OC(=O)Nc1nc(C(OC(c2ccccc2)(c2ccccc2)c2ccccc2)C(=O)NC2SC3CC(=O)N3C(C(=O)OC(c3ccccc3)(c3ccccc3)c3ccccc3)=C2OS(C)(=O)=O)cs1. The molecule has 0 spiro atoms. The van der Waals surface area contributed by atoms with Gasteiger partial charge in [0.1, 0.15) is 16.6 Å². The van der Waals surface area contributed by atoms with Crippen molar-refractivity contribution in [3.8, 4) is 0 Å². The van der Waals surface area contributed by atoms with E-state index < -0.39 is 79.1 Å². The second-order valence-corrected chi connectivity index (χ2v) is 21.8. The highest BCUT2D eigenvalue weighted by molar-refractivity contribution is 8.00. The Morgan fingerprint density at radius 2 is 1.08 bits per heavy atom. The van der Waals surface area contributed by atoms with E-state index in [2.05, 4.69) is 10.6 Å². The molecule has 1 saturated heterocycles. The lowest BCUT2D eigenvalue weighted by molar-refractivity contribution is -0.156. The van der Waals surface area contributed by atoms with Gasteiger partial charge in [0.15, 0.2) is 28.3 Å². The summed E-state index contributed by atoms with van der Waals surface area (Å²) in [5, 5.41) is 5.04. The van der Waals surface area contributed by atoms with Crippen molar-refractivity contribution in [2.75, 3.05) is 11.6 Å². The average Bonchev–Trinajstić information content (AvgIpc) is 3.84. The summed E-state index contributed by atoms with van der Waals surface area (Å²) in [5.74, 6) is -3.01. The van der Waals surface area contributed by atoms with Crippen molar-refractivity contribution in [3.05, 3.63) is 238 Å². The van der Waals surface area contributed by atoms with Gasteiger partial charge in [0.25, 0.3) is 5.91 Å². The van der Waals surface area contributed by atoms with Crippen molar-refractivity contribution >= 4 is 62.2 Å². The van der Waals surface area contributed by atoms with Crippen LogP contribution in [-0.2, 0) is 54.1 Å². The molecule has 2 N–H and O–H groups in total. The topological polar surface area (TPSA) is 180 Å². The molecule has 0 bridgehead atoms. The minimum absolute atomic E-state index is 0.0635. The number of carbonyl (C=O) groups is 4. The predicted molar refractivity (Wildman–Crippen MR) is 278 cm³/mol. The molecule has 3 amide bonds. The van der Waals surface area contributed by atoms with Crippen LogP contribution in [-0.4, -0.2) is 64.8 Å². The maximum Gasteiger partial charge on any atom is 0.413 e. The second-order valence-electron chi connectivity index (χ2n) is 18.1. The Balaban J connectivity index is 1.19. The van der Waals surface area contributed by atoms with E-state index >= 15 is 9.59 Å². The van der Waals surface area contributed by atoms with Gasteiger partial charge in [0, 0.05) is 22.1 Å². The molecule has 0 aliphatic carbocycles. The lowest BCUT2D eigenvalue weighted by Gasteiger charge is -2.47. The van der Waals surface area contributed by atoms with Gasteiger partial charge in [-0.3, -0.25) is 19.8 Å². The lowest BCUT2D eigenvalue weighted by atomic mass is 9.80. The molecule has 73 heavy (non-hydrogen) atoms. The summed E-state index contributed by atoms with van der Waals surface area (Å²) in [5.41, 5.74) is -0.847. The number of rotatable bonds is 16.